The van der Waals surface area contributed by atoms with Crippen molar-refractivity contribution in [1.29, 1.82) is 0 Å². The van der Waals surface area contributed by atoms with E-state index in [1.165, 1.54) is 24.3 Å². The molecule has 0 fully saturated rings. The van der Waals surface area contributed by atoms with Crippen LogP contribution in [0.2, 0.25) is 0 Å². The maximum atomic E-state index is 12.9. The fourth-order valence-electron chi connectivity index (χ4n) is 1.97. The van der Waals surface area contributed by atoms with Crippen LogP contribution in [0.3, 0.4) is 0 Å². The molecule has 0 aliphatic rings. The molecule has 7 heteroatoms. The summed E-state index contributed by atoms with van der Waals surface area (Å²) >= 11 is 0. The summed E-state index contributed by atoms with van der Waals surface area (Å²) in [6.07, 6.45) is -4.52. The molecule has 4 nitrogen and oxygen atoms in total. The Labute approximate surface area is 131 Å². The molecule has 0 aliphatic carbocycles. The molecule has 2 rings (SSSR count). The second kappa shape index (κ2) is 7.04. The predicted octanol–water partition coefficient (Wildman–Crippen LogP) is 3.86. The number of nitrogens with one attached hydrogen (secondary N) is 2. The van der Waals surface area contributed by atoms with Crippen LogP contribution in [0.1, 0.15) is 22.8 Å². The third kappa shape index (κ3) is 4.15. The van der Waals surface area contributed by atoms with Crippen molar-refractivity contribution in [3.05, 3.63) is 59.7 Å². The van der Waals surface area contributed by atoms with Crippen LogP contribution < -0.4 is 15.6 Å². The summed E-state index contributed by atoms with van der Waals surface area (Å²) in [4.78, 5) is 12.1. The number of ether oxygens (including phenoxy) is 1. The Morgan fingerprint density at radius 2 is 1.74 bits per heavy atom. The van der Waals surface area contributed by atoms with Gasteiger partial charge in [0.2, 0.25) is 0 Å². The molecule has 0 aliphatic heterocycles. The highest BCUT2D eigenvalue weighted by Crippen LogP contribution is 2.34. The molecular weight excluding hydrogens is 309 g/mol. The van der Waals surface area contributed by atoms with Gasteiger partial charge in [-0.05, 0) is 31.2 Å². The molecule has 0 saturated carbocycles. The number of alkyl halides is 3. The van der Waals surface area contributed by atoms with Gasteiger partial charge in [-0.15, -0.1) is 0 Å². The van der Waals surface area contributed by atoms with Crippen molar-refractivity contribution in [3.8, 4) is 5.75 Å². The van der Waals surface area contributed by atoms with Crippen LogP contribution in [0.4, 0.5) is 18.9 Å². The average molecular weight is 324 g/mol. The number of anilines is 1. The lowest BCUT2D eigenvalue weighted by molar-refractivity contribution is -0.137. The van der Waals surface area contributed by atoms with Gasteiger partial charge in [0.25, 0.3) is 5.91 Å². The zero-order valence-corrected chi connectivity index (χ0v) is 12.3. The zero-order chi connectivity index (χ0) is 16.9. The minimum absolute atomic E-state index is 0.228. The van der Waals surface area contributed by atoms with Crippen molar-refractivity contribution in [2.45, 2.75) is 13.1 Å². The van der Waals surface area contributed by atoms with Crippen LogP contribution in [0.5, 0.6) is 5.75 Å². The van der Waals surface area contributed by atoms with E-state index in [9.17, 15) is 18.0 Å². The zero-order valence-electron chi connectivity index (χ0n) is 12.3. The lowest BCUT2D eigenvalue weighted by Gasteiger charge is -2.15. The average Bonchev–Trinajstić information content (AvgIpc) is 2.53. The smallest absolute Gasteiger partial charge is 0.418 e. The number of hydrogen-bond donors (Lipinski definition) is 2. The first-order valence-electron chi connectivity index (χ1n) is 6.88. The monoisotopic (exact) mass is 324 g/mol. The lowest BCUT2D eigenvalue weighted by atomic mass is 10.1. The van der Waals surface area contributed by atoms with Gasteiger partial charge in [0, 0.05) is 0 Å². The Morgan fingerprint density at radius 3 is 2.43 bits per heavy atom. The summed E-state index contributed by atoms with van der Waals surface area (Å²) in [5, 5.41) is 0. The first-order valence-corrected chi connectivity index (χ1v) is 6.88. The molecule has 1 amide bonds. The van der Waals surface area contributed by atoms with Crippen LogP contribution in [0.25, 0.3) is 0 Å². The topological polar surface area (TPSA) is 50.4 Å². The molecular formula is C16H15F3N2O2. The van der Waals surface area contributed by atoms with Crippen LogP contribution in [-0.2, 0) is 6.18 Å². The highest BCUT2D eigenvalue weighted by Gasteiger charge is 2.33. The molecule has 0 aromatic heterocycles. The Balaban J connectivity index is 2.15. The Bertz CT molecular complexity index is 687. The number of carbonyl (C=O) groups is 1. The van der Waals surface area contributed by atoms with Crippen molar-refractivity contribution < 1.29 is 22.7 Å². The number of halogens is 3. The Morgan fingerprint density at radius 1 is 1.09 bits per heavy atom. The second-order valence-corrected chi connectivity index (χ2v) is 4.55. The van der Waals surface area contributed by atoms with Crippen molar-refractivity contribution in [3.63, 3.8) is 0 Å². The molecule has 0 saturated heterocycles. The van der Waals surface area contributed by atoms with Gasteiger partial charge < -0.3 is 4.74 Å². The van der Waals surface area contributed by atoms with Gasteiger partial charge in [-0.3, -0.25) is 15.6 Å². The summed E-state index contributed by atoms with van der Waals surface area (Å²) in [6, 6.07) is 11.4. The fraction of sp³-hybridized carbons (Fsp3) is 0.188. The summed E-state index contributed by atoms with van der Waals surface area (Å²) in [7, 11) is 0. The van der Waals surface area contributed by atoms with E-state index in [1.807, 2.05) is 0 Å². The Hall–Kier alpha value is -2.70. The minimum Gasteiger partial charge on any atom is -0.493 e. The van der Waals surface area contributed by atoms with Gasteiger partial charge in [0.15, 0.2) is 0 Å². The van der Waals surface area contributed by atoms with Gasteiger partial charge >= 0.3 is 6.18 Å². The number of carbonyl (C=O) groups excluding carboxylic acids is 1. The first-order chi connectivity index (χ1) is 10.9. The van der Waals surface area contributed by atoms with Gasteiger partial charge in [-0.1, -0.05) is 24.3 Å². The number of para-hydroxylation sites is 2. The van der Waals surface area contributed by atoms with E-state index in [0.717, 1.165) is 6.07 Å². The standard InChI is InChI=1S/C16H15F3N2O2/c1-2-23-14-10-6-3-7-11(14)15(22)21-20-13-9-5-4-8-12(13)16(17,18)19/h3-10,20H,2H2,1H3,(H,21,22). The van der Waals surface area contributed by atoms with E-state index in [2.05, 4.69) is 10.9 Å². The maximum Gasteiger partial charge on any atom is 0.418 e. The molecule has 2 aromatic rings. The van der Waals surface area contributed by atoms with Crippen LogP contribution in [-0.4, -0.2) is 12.5 Å². The van der Waals surface area contributed by atoms with Crippen molar-refractivity contribution in [2.24, 2.45) is 0 Å². The third-order valence-electron chi connectivity index (χ3n) is 2.97. The van der Waals surface area contributed by atoms with Crippen LogP contribution in [0, 0.1) is 0 Å². The highest BCUT2D eigenvalue weighted by molar-refractivity contribution is 5.97. The van der Waals surface area contributed by atoms with Gasteiger partial charge in [-0.2, -0.15) is 13.2 Å². The number of amides is 1. The molecule has 23 heavy (non-hydrogen) atoms. The first kappa shape index (κ1) is 16.7. The molecule has 0 heterocycles. The normalized spacial score (nSPS) is 11.0. The maximum absolute atomic E-state index is 12.9. The molecule has 122 valence electrons. The molecule has 0 radical (unpaired) electrons. The third-order valence-corrected chi connectivity index (χ3v) is 2.97. The van der Waals surface area contributed by atoms with Crippen molar-refractivity contribution >= 4 is 11.6 Å². The fourth-order valence-corrected chi connectivity index (χ4v) is 1.97. The van der Waals surface area contributed by atoms with E-state index < -0.39 is 17.6 Å². The van der Waals surface area contributed by atoms with Crippen molar-refractivity contribution in [1.82, 2.24) is 5.43 Å². The highest BCUT2D eigenvalue weighted by atomic mass is 19.4. The SMILES string of the molecule is CCOc1ccccc1C(=O)NNc1ccccc1C(F)(F)F. The lowest BCUT2D eigenvalue weighted by Crippen LogP contribution is -2.30. The summed E-state index contributed by atoms with van der Waals surface area (Å²) < 4.78 is 44.0. The minimum atomic E-state index is -4.52. The van der Waals surface area contributed by atoms with E-state index >= 15 is 0 Å². The number of rotatable bonds is 5. The van der Waals surface area contributed by atoms with E-state index in [0.29, 0.717) is 12.4 Å². The Kier molecular flexibility index (Phi) is 5.10. The molecule has 0 atom stereocenters. The van der Waals surface area contributed by atoms with Gasteiger partial charge in [0.05, 0.1) is 23.4 Å². The molecule has 0 spiro atoms. The van der Waals surface area contributed by atoms with Crippen LogP contribution >= 0.6 is 0 Å². The number of hydrazine groups is 1. The summed E-state index contributed by atoms with van der Waals surface area (Å²) in [6.45, 7) is 2.14. The number of hydrogen-bond acceptors (Lipinski definition) is 3. The molecule has 0 bridgehead atoms. The summed E-state index contributed by atoms with van der Waals surface area (Å²) in [5.74, 6) is -0.232. The predicted molar refractivity (Wildman–Crippen MR) is 80.1 cm³/mol. The molecule has 2 aromatic carbocycles. The van der Waals surface area contributed by atoms with Crippen molar-refractivity contribution in [2.75, 3.05) is 12.0 Å². The summed E-state index contributed by atoms with van der Waals surface area (Å²) in [5.41, 5.74) is 3.70. The molecule has 0 unspecified atom stereocenters. The van der Waals surface area contributed by atoms with E-state index in [4.69, 9.17) is 4.74 Å². The quantitative estimate of drug-likeness (QED) is 0.821. The second-order valence-electron chi connectivity index (χ2n) is 4.55. The van der Waals surface area contributed by atoms with E-state index in [-0.39, 0.29) is 11.3 Å². The van der Waals surface area contributed by atoms with Gasteiger partial charge in [0.1, 0.15) is 5.75 Å². The largest absolute Gasteiger partial charge is 0.493 e. The van der Waals surface area contributed by atoms with E-state index in [1.54, 1.807) is 25.1 Å². The number of benzene rings is 2. The molecule has 2 N–H and O–H groups in total. The van der Waals surface area contributed by atoms with Gasteiger partial charge in [-0.25, -0.2) is 0 Å². The van der Waals surface area contributed by atoms with Crippen LogP contribution in [0.15, 0.2) is 48.5 Å².